The molecular weight excluding hydrogens is 429 g/mol. The third-order valence-electron chi connectivity index (χ3n) is 5.06. The number of halogens is 1. The van der Waals surface area contributed by atoms with Crippen molar-refractivity contribution in [3.8, 4) is 5.75 Å². The van der Waals surface area contributed by atoms with Crippen LogP contribution in [0.15, 0.2) is 18.2 Å². The van der Waals surface area contributed by atoms with E-state index in [9.17, 15) is 22.4 Å². The quantitative estimate of drug-likeness (QED) is 0.560. The minimum Gasteiger partial charge on any atom is -0.490 e. The Bertz CT molecular complexity index is 1100. The molecule has 1 aliphatic carbocycles. The third kappa shape index (κ3) is 5.07. The molecule has 0 spiro atoms. The number of imide groups is 1. The predicted molar refractivity (Wildman–Crippen MR) is 107 cm³/mol. The highest BCUT2D eigenvalue weighted by Gasteiger charge is 2.30. The van der Waals surface area contributed by atoms with E-state index in [1.165, 1.54) is 18.2 Å². The van der Waals surface area contributed by atoms with Gasteiger partial charge in [0.1, 0.15) is 0 Å². The highest BCUT2D eigenvalue weighted by Crippen LogP contribution is 2.31. The zero-order chi connectivity index (χ0) is 22.2. The Labute approximate surface area is 178 Å². The van der Waals surface area contributed by atoms with Gasteiger partial charge in [0.15, 0.2) is 17.4 Å². The largest absolute Gasteiger partial charge is 0.490 e. The maximum absolute atomic E-state index is 14.0. The lowest BCUT2D eigenvalue weighted by Gasteiger charge is -2.16. The SMILES string of the molecule is C[C@@H](NS(=O)(=O)CCCc1nc2n(n1)C(=O)NC2=O)c1ccc(F)c(OCC2CC2)c1. The van der Waals surface area contributed by atoms with Crippen LogP contribution in [0.25, 0.3) is 0 Å². The Morgan fingerprint density at radius 3 is 2.84 bits per heavy atom. The molecule has 1 saturated carbocycles. The van der Waals surface area contributed by atoms with E-state index in [4.69, 9.17) is 4.74 Å². The van der Waals surface area contributed by atoms with E-state index >= 15 is 0 Å². The molecule has 0 radical (unpaired) electrons. The fourth-order valence-electron chi connectivity index (χ4n) is 3.16. The molecule has 0 saturated heterocycles. The summed E-state index contributed by atoms with van der Waals surface area (Å²) in [6.07, 6.45) is 2.54. The van der Waals surface area contributed by atoms with E-state index in [-0.39, 0.29) is 36.0 Å². The molecule has 0 unspecified atom stereocenters. The van der Waals surface area contributed by atoms with Gasteiger partial charge < -0.3 is 4.74 Å². The van der Waals surface area contributed by atoms with Crippen molar-refractivity contribution in [3.63, 3.8) is 0 Å². The number of ether oxygens (including phenoxy) is 1. The average molecular weight is 451 g/mol. The summed E-state index contributed by atoms with van der Waals surface area (Å²) in [5.74, 6) is -0.612. The topological polar surface area (TPSA) is 132 Å². The van der Waals surface area contributed by atoms with Gasteiger partial charge in [-0.3, -0.25) is 10.1 Å². The number of aromatic nitrogens is 3. The standard InChI is InChI=1S/C19H22FN5O5S/c1-11(13-6-7-14(20)15(9-13)30-10-12-4-5-12)24-31(28,29)8-2-3-16-21-17-18(26)22-19(27)25(17)23-16/h6-7,9,11-12,24H,2-5,8,10H2,1H3,(H,22,26,27)/t11-/m1/s1. The second-order valence-corrected chi connectivity index (χ2v) is 9.60. The fraction of sp³-hybridized carbons (Fsp3) is 0.474. The van der Waals surface area contributed by atoms with Crippen LogP contribution in [0.2, 0.25) is 0 Å². The number of amides is 2. The van der Waals surface area contributed by atoms with Crippen LogP contribution < -0.4 is 14.8 Å². The minimum absolute atomic E-state index is 0.106. The number of carbonyl (C=O) groups is 2. The molecule has 0 bridgehead atoms. The second kappa shape index (κ2) is 8.35. The number of rotatable bonds is 10. The second-order valence-electron chi connectivity index (χ2n) is 7.73. The summed E-state index contributed by atoms with van der Waals surface area (Å²) in [6.45, 7) is 2.13. The molecule has 1 aliphatic heterocycles. The van der Waals surface area contributed by atoms with Crippen LogP contribution >= 0.6 is 0 Å². The summed E-state index contributed by atoms with van der Waals surface area (Å²) in [7, 11) is -3.65. The summed E-state index contributed by atoms with van der Waals surface area (Å²) >= 11 is 0. The number of nitrogens with one attached hydrogen (secondary N) is 2. The zero-order valence-electron chi connectivity index (χ0n) is 16.8. The van der Waals surface area contributed by atoms with Gasteiger partial charge in [-0.05, 0) is 49.8 Å². The maximum Gasteiger partial charge on any atom is 0.351 e. The lowest BCUT2D eigenvalue weighted by molar-refractivity contribution is 0.0971. The third-order valence-corrected chi connectivity index (χ3v) is 6.60. The molecule has 1 fully saturated rings. The lowest BCUT2D eigenvalue weighted by Crippen LogP contribution is -2.29. The van der Waals surface area contributed by atoms with Crippen LogP contribution in [-0.2, 0) is 16.4 Å². The number of sulfonamides is 1. The van der Waals surface area contributed by atoms with Gasteiger partial charge in [0.05, 0.1) is 12.4 Å². The first-order valence-corrected chi connectivity index (χ1v) is 11.6. The Hall–Kier alpha value is -2.86. The van der Waals surface area contributed by atoms with Gasteiger partial charge in [-0.25, -0.2) is 27.3 Å². The Balaban J connectivity index is 1.31. The van der Waals surface area contributed by atoms with E-state index in [2.05, 4.69) is 20.1 Å². The van der Waals surface area contributed by atoms with E-state index in [1.54, 1.807) is 6.92 Å². The van der Waals surface area contributed by atoms with Crippen LogP contribution in [0.4, 0.5) is 9.18 Å². The van der Waals surface area contributed by atoms with Crippen LogP contribution in [0.5, 0.6) is 5.75 Å². The summed E-state index contributed by atoms with van der Waals surface area (Å²) in [6, 6.07) is 3.05. The van der Waals surface area contributed by atoms with Gasteiger partial charge in [-0.2, -0.15) is 4.68 Å². The Morgan fingerprint density at radius 1 is 1.35 bits per heavy atom. The smallest absolute Gasteiger partial charge is 0.351 e. The van der Waals surface area contributed by atoms with Gasteiger partial charge in [-0.1, -0.05) is 6.07 Å². The molecule has 1 aromatic carbocycles. The van der Waals surface area contributed by atoms with E-state index < -0.39 is 33.8 Å². The molecule has 1 atom stereocenters. The van der Waals surface area contributed by atoms with Crippen molar-refractivity contribution in [2.45, 2.75) is 38.6 Å². The van der Waals surface area contributed by atoms with Crippen molar-refractivity contribution in [2.75, 3.05) is 12.4 Å². The molecule has 1 aromatic heterocycles. The Kier molecular flexibility index (Phi) is 5.75. The van der Waals surface area contributed by atoms with Crippen molar-refractivity contribution >= 4 is 22.0 Å². The van der Waals surface area contributed by atoms with Crippen LogP contribution in [0, 0.1) is 11.7 Å². The molecule has 2 N–H and O–H groups in total. The molecule has 2 amide bonds. The molecule has 10 nitrogen and oxygen atoms in total. The van der Waals surface area contributed by atoms with Gasteiger partial charge in [0.25, 0.3) is 5.91 Å². The minimum atomic E-state index is -3.65. The highest BCUT2D eigenvalue weighted by molar-refractivity contribution is 7.89. The summed E-state index contributed by atoms with van der Waals surface area (Å²) in [4.78, 5) is 27.0. The number of carbonyl (C=O) groups excluding carboxylic acids is 2. The summed E-state index contributed by atoms with van der Waals surface area (Å²) < 4.78 is 47.8. The van der Waals surface area contributed by atoms with Gasteiger partial charge in [0, 0.05) is 12.5 Å². The van der Waals surface area contributed by atoms with Gasteiger partial charge in [-0.15, -0.1) is 5.10 Å². The first-order chi connectivity index (χ1) is 14.7. The van der Waals surface area contributed by atoms with E-state index in [0.29, 0.717) is 18.1 Å². The molecule has 2 aromatic rings. The van der Waals surface area contributed by atoms with E-state index in [0.717, 1.165) is 17.5 Å². The van der Waals surface area contributed by atoms with Crippen molar-refractivity contribution in [3.05, 3.63) is 41.2 Å². The summed E-state index contributed by atoms with van der Waals surface area (Å²) in [5.41, 5.74) is 0.590. The number of aryl methyl sites for hydroxylation is 1. The molecule has 2 aliphatic rings. The molecule has 12 heteroatoms. The maximum atomic E-state index is 14.0. The van der Waals surface area contributed by atoms with Crippen LogP contribution in [-0.4, -0.2) is 47.5 Å². The van der Waals surface area contributed by atoms with Crippen molar-refractivity contribution in [1.82, 2.24) is 24.8 Å². The van der Waals surface area contributed by atoms with Crippen molar-refractivity contribution < 1.29 is 27.1 Å². The number of benzene rings is 1. The number of hydrogen-bond donors (Lipinski definition) is 2. The molecule has 166 valence electrons. The average Bonchev–Trinajstić information content (AvgIpc) is 3.37. The highest BCUT2D eigenvalue weighted by atomic mass is 32.2. The molecule has 31 heavy (non-hydrogen) atoms. The number of nitrogens with zero attached hydrogens (tertiary/aromatic N) is 3. The molecular formula is C19H22FN5O5S. The van der Waals surface area contributed by atoms with Gasteiger partial charge in [0.2, 0.25) is 15.8 Å². The van der Waals surface area contributed by atoms with E-state index in [1.807, 2.05) is 0 Å². The molecule has 2 heterocycles. The first-order valence-electron chi connectivity index (χ1n) is 9.96. The monoisotopic (exact) mass is 451 g/mol. The first kappa shape index (κ1) is 21.4. The van der Waals surface area contributed by atoms with Crippen molar-refractivity contribution in [2.24, 2.45) is 5.92 Å². The van der Waals surface area contributed by atoms with Crippen molar-refractivity contribution in [1.29, 1.82) is 0 Å². The lowest BCUT2D eigenvalue weighted by atomic mass is 10.1. The van der Waals surface area contributed by atoms with Gasteiger partial charge >= 0.3 is 6.03 Å². The van der Waals surface area contributed by atoms with Crippen LogP contribution in [0.1, 0.15) is 54.2 Å². The number of hydrogen-bond acceptors (Lipinski definition) is 7. The predicted octanol–water partition coefficient (Wildman–Crippen LogP) is 1.53. The zero-order valence-corrected chi connectivity index (χ0v) is 17.6. The fourth-order valence-corrected chi connectivity index (χ4v) is 4.48. The summed E-state index contributed by atoms with van der Waals surface area (Å²) in [5, 5.41) is 5.96. The number of fused-ring (bicyclic) bond motifs is 1. The normalized spacial score (nSPS) is 16.8. The molecule has 4 rings (SSSR count). The Morgan fingerprint density at radius 2 is 2.13 bits per heavy atom. The van der Waals surface area contributed by atoms with Crippen LogP contribution in [0.3, 0.4) is 0 Å².